The van der Waals surface area contributed by atoms with E-state index in [0.717, 1.165) is 13.0 Å². The number of nitrogens with one attached hydrogen (secondary N) is 1. The maximum absolute atomic E-state index is 12.0. The van der Waals surface area contributed by atoms with E-state index in [0.29, 0.717) is 11.0 Å². The quantitative estimate of drug-likeness (QED) is 0.802. The Morgan fingerprint density at radius 2 is 2.35 bits per heavy atom. The molecule has 0 aromatic carbocycles. The summed E-state index contributed by atoms with van der Waals surface area (Å²) in [7, 11) is 1.24. The Kier molecular flexibility index (Phi) is 2.95. The fraction of sp³-hybridized carbons (Fsp3) is 0.364. The van der Waals surface area contributed by atoms with Crippen LogP contribution in [0.1, 0.15) is 23.7 Å². The molecule has 2 heterocycles. The molecule has 1 N–H and O–H groups in total. The highest BCUT2D eigenvalue weighted by Crippen LogP contribution is 2.08. The van der Waals surface area contributed by atoms with Gasteiger partial charge in [-0.1, -0.05) is 6.92 Å². The van der Waals surface area contributed by atoms with Crippen molar-refractivity contribution in [3.8, 4) is 0 Å². The van der Waals surface area contributed by atoms with Gasteiger partial charge in [0, 0.05) is 12.7 Å². The van der Waals surface area contributed by atoms with Gasteiger partial charge < -0.3 is 9.72 Å². The molecule has 0 aliphatic rings. The van der Waals surface area contributed by atoms with E-state index in [4.69, 9.17) is 0 Å². The van der Waals surface area contributed by atoms with Gasteiger partial charge in [0.05, 0.1) is 18.7 Å². The van der Waals surface area contributed by atoms with Gasteiger partial charge in [-0.2, -0.15) is 5.10 Å². The van der Waals surface area contributed by atoms with Gasteiger partial charge in [-0.15, -0.1) is 0 Å². The summed E-state index contributed by atoms with van der Waals surface area (Å²) in [5, 5.41) is 4.51. The van der Waals surface area contributed by atoms with Crippen molar-refractivity contribution >= 4 is 17.0 Å². The average molecular weight is 235 g/mol. The molecule has 90 valence electrons. The van der Waals surface area contributed by atoms with E-state index in [-0.39, 0.29) is 11.0 Å². The van der Waals surface area contributed by atoms with Crippen LogP contribution in [0.2, 0.25) is 0 Å². The van der Waals surface area contributed by atoms with Crippen molar-refractivity contribution in [2.75, 3.05) is 7.11 Å². The topological polar surface area (TPSA) is 77.0 Å². The summed E-state index contributed by atoms with van der Waals surface area (Å²) in [5.41, 5.74) is 0.272. The van der Waals surface area contributed by atoms with Gasteiger partial charge in [-0.05, 0) is 6.42 Å². The number of aromatic amines is 1. The lowest BCUT2D eigenvalue weighted by Crippen LogP contribution is -2.17. The van der Waals surface area contributed by atoms with E-state index in [9.17, 15) is 9.59 Å². The molecule has 17 heavy (non-hydrogen) atoms. The standard InChI is InChI=1S/C11H13N3O3/c1-3-4-14-10-7(6-13-14)9(15)8(5-12-10)11(16)17-2/h5-6H,3-4H2,1-2H3,(H,12,15). The second-order valence-corrected chi connectivity index (χ2v) is 3.65. The van der Waals surface area contributed by atoms with Gasteiger partial charge >= 0.3 is 5.97 Å². The molecule has 0 spiro atoms. The van der Waals surface area contributed by atoms with Gasteiger partial charge in [-0.3, -0.25) is 4.79 Å². The average Bonchev–Trinajstić information content (AvgIpc) is 2.74. The molecular formula is C11H13N3O3. The molecule has 0 saturated carbocycles. The monoisotopic (exact) mass is 235 g/mol. The zero-order valence-electron chi connectivity index (χ0n) is 9.69. The Bertz CT molecular complexity index is 612. The Morgan fingerprint density at radius 3 is 3.00 bits per heavy atom. The first-order chi connectivity index (χ1) is 8.19. The summed E-state index contributed by atoms with van der Waals surface area (Å²) in [6, 6.07) is 0. The summed E-state index contributed by atoms with van der Waals surface area (Å²) in [6.45, 7) is 2.74. The molecule has 6 nitrogen and oxygen atoms in total. The van der Waals surface area contributed by atoms with Crippen LogP contribution in [0, 0.1) is 0 Å². The number of methoxy groups -OCH3 is 1. The van der Waals surface area contributed by atoms with Crippen molar-refractivity contribution < 1.29 is 9.53 Å². The molecule has 0 atom stereocenters. The van der Waals surface area contributed by atoms with E-state index in [1.807, 2.05) is 6.92 Å². The molecule has 2 aromatic rings. The van der Waals surface area contributed by atoms with Gasteiger partial charge in [0.1, 0.15) is 11.2 Å². The molecule has 0 saturated heterocycles. The van der Waals surface area contributed by atoms with Gasteiger partial charge in [-0.25, -0.2) is 9.48 Å². The molecule has 0 amide bonds. The zero-order chi connectivity index (χ0) is 12.4. The fourth-order valence-electron chi connectivity index (χ4n) is 1.70. The molecule has 0 radical (unpaired) electrons. The maximum atomic E-state index is 12.0. The number of nitrogens with zero attached hydrogens (tertiary/aromatic N) is 2. The number of hydrogen-bond donors (Lipinski definition) is 1. The largest absolute Gasteiger partial charge is 0.465 e. The number of H-pyrrole nitrogens is 1. The maximum Gasteiger partial charge on any atom is 0.343 e. The molecule has 0 bridgehead atoms. The summed E-state index contributed by atoms with van der Waals surface area (Å²) < 4.78 is 6.24. The van der Waals surface area contributed by atoms with Crippen LogP contribution >= 0.6 is 0 Å². The minimum Gasteiger partial charge on any atom is -0.465 e. The minimum absolute atomic E-state index is 0.00366. The van der Waals surface area contributed by atoms with Crippen molar-refractivity contribution in [1.82, 2.24) is 14.8 Å². The molecule has 0 aliphatic carbocycles. The summed E-state index contributed by atoms with van der Waals surface area (Å²) in [5.74, 6) is -0.642. The highest BCUT2D eigenvalue weighted by molar-refractivity contribution is 5.92. The number of carbonyl (C=O) groups is 1. The second kappa shape index (κ2) is 4.40. The first-order valence-electron chi connectivity index (χ1n) is 5.34. The zero-order valence-corrected chi connectivity index (χ0v) is 9.69. The smallest absolute Gasteiger partial charge is 0.343 e. The van der Waals surface area contributed by atoms with Crippen LogP contribution < -0.4 is 5.43 Å². The van der Waals surface area contributed by atoms with Crippen LogP contribution in [-0.4, -0.2) is 27.8 Å². The van der Waals surface area contributed by atoms with Gasteiger partial charge in [0.2, 0.25) is 5.43 Å². The molecule has 0 aliphatic heterocycles. The van der Waals surface area contributed by atoms with E-state index in [1.54, 1.807) is 4.68 Å². The van der Waals surface area contributed by atoms with Crippen LogP contribution in [0.25, 0.3) is 11.0 Å². The molecule has 0 unspecified atom stereocenters. The van der Waals surface area contributed by atoms with E-state index in [1.165, 1.54) is 19.5 Å². The van der Waals surface area contributed by atoms with E-state index < -0.39 is 5.97 Å². The molecule has 2 aromatic heterocycles. The SMILES string of the molecule is CCCn1ncc2c(=O)c(C(=O)OC)c[nH]c21. The Labute approximate surface area is 97.2 Å². The van der Waals surface area contributed by atoms with Crippen LogP contribution in [0.3, 0.4) is 0 Å². The number of carbonyl (C=O) groups excluding carboxylic acids is 1. The first kappa shape index (κ1) is 11.4. The molecule has 6 heteroatoms. The van der Waals surface area contributed by atoms with Gasteiger partial charge in [0.15, 0.2) is 0 Å². The second-order valence-electron chi connectivity index (χ2n) is 3.65. The van der Waals surface area contributed by atoms with Crippen LogP contribution in [0.4, 0.5) is 0 Å². The Balaban J connectivity index is 2.62. The van der Waals surface area contributed by atoms with Crippen LogP contribution in [-0.2, 0) is 11.3 Å². The van der Waals surface area contributed by atoms with Crippen molar-refractivity contribution in [1.29, 1.82) is 0 Å². The number of esters is 1. The minimum atomic E-state index is -0.642. The summed E-state index contributed by atoms with van der Waals surface area (Å²) in [4.78, 5) is 26.2. The lowest BCUT2D eigenvalue weighted by atomic mass is 10.2. The third-order valence-corrected chi connectivity index (χ3v) is 2.52. The van der Waals surface area contributed by atoms with Crippen LogP contribution in [0.5, 0.6) is 0 Å². The van der Waals surface area contributed by atoms with Crippen molar-refractivity contribution in [3.63, 3.8) is 0 Å². The predicted molar refractivity (Wildman–Crippen MR) is 62.0 cm³/mol. The number of aromatic nitrogens is 3. The molecule has 2 rings (SSSR count). The highest BCUT2D eigenvalue weighted by atomic mass is 16.5. The first-order valence-corrected chi connectivity index (χ1v) is 5.34. The number of hydrogen-bond acceptors (Lipinski definition) is 4. The predicted octanol–water partition coefficient (Wildman–Crippen LogP) is 0.921. The number of pyridine rings is 1. The highest BCUT2D eigenvalue weighted by Gasteiger charge is 2.15. The van der Waals surface area contributed by atoms with E-state index in [2.05, 4.69) is 14.8 Å². The Morgan fingerprint density at radius 1 is 1.59 bits per heavy atom. The number of rotatable bonds is 3. The van der Waals surface area contributed by atoms with E-state index >= 15 is 0 Å². The number of fused-ring (bicyclic) bond motifs is 1. The number of ether oxygens (including phenoxy) is 1. The summed E-state index contributed by atoms with van der Waals surface area (Å²) in [6.07, 6.45) is 3.75. The number of aryl methyl sites for hydroxylation is 1. The third-order valence-electron chi connectivity index (χ3n) is 2.52. The van der Waals surface area contributed by atoms with Crippen LogP contribution in [0.15, 0.2) is 17.2 Å². The third kappa shape index (κ3) is 1.82. The molecule has 0 fully saturated rings. The van der Waals surface area contributed by atoms with Crippen molar-refractivity contribution in [2.45, 2.75) is 19.9 Å². The fourth-order valence-corrected chi connectivity index (χ4v) is 1.70. The van der Waals surface area contributed by atoms with Crippen molar-refractivity contribution in [3.05, 3.63) is 28.2 Å². The summed E-state index contributed by atoms with van der Waals surface area (Å²) >= 11 is 0. The normalized spacial score (nSPS) is 10.7. The van der Waals surface area contributed by atoms with Crippen molar-refractivity contribution in [2.24, 2.45) is 0 Å². The Hall–Kier alpha value is -2.11. The molecular weight excluding hydrogens is 222 g/mol. The lowest BCUT2D eigenvalue weighted by Gasteiger charge is -2.01. The lowest BCUT2D eigenvalue weighted by molar-refractivity contribution is 0.0599. The van der Waals surface area contributed by atoms with Gasteiger partial charge in [0.25, 0.3) is 0 Å².